The first-order valence-electron chi connectivity index (χ1n) is 20.1. The monoisotopic (exact) mass is 841 g/mol. The molecule has 0 aliphatic carbocycles. The Balaban J connectivity index is 1.51. The highest BCUT2D eigenvalue weighted by molar-refractivity contribution is 5.87. The number of nitrogens with two attached hydrogens (primary N) is 1. The molecule has 0 saturated carbocycles. The summed E-state index contributed by atoms with van der Waals surface area (Å²) in [5, 5.41) is 10.2. The summed E-state index contributed by atoms with van der Waals surface area (Å²) in [6.45, 7) is 15.2. The van der Waals surface area contributed by atoms with E-state index in [9.17, 15) is 19.2 Å². The van der Waals surface area contributed by atoms with Crippen LogP contribution in [0.25, 0.3) is 5.69 Å². The number of nitrogens with zero attached hydrogens (tertiary/aromatic N) is 4. The van der Waals surface area contributed by atoms with Crippen LogP contribution in [0.5, 0.6) is 5.75 Å². The maximum atomic E-state index is 13.1. The Morgan fingerprint density at radius 3 is 2.13 bits per heavy atom. The Morgan fingerprint density at radius 1 is 0.867 bits per heavy atom. The van der Waals surface area contributed by atoms with Crippen molar-refractivity contribution >= 4 is 29.7 Å². The SMILES string of the molecule is COC(=O)C[C@H](NC(=O)CNC(=O)CCCN(C(=O)OC(C)(C)C)c1cc(C)ccn1)c1cccc(-n2nc(C)c(OCCOCCOCCOCCOCCN)c2C)c1. The van der Waals surface area contributed by atoms with Gasteiger partial charge in [-0.1, -0.05) is 12.1 Å². The van der Waals surface area contributed by atoms with E-state index in [1.165, 1.54) is 12.0 Å². The number of methoxy groups -OCH3 is 1. The van der Waals surface area contributed by atoms with E-state index < -0.39 is 29.6 Å². The minimum Gasteiger partial charge on any atom is -0.487 e. The molecule has 0 unspecified atom stereocenters. The van der Waals surface area contributed by atoms with Gasteiger partial charge in [0.15, 0.2) is 5.75 Å². The van der Waals surface area contributed by atoms with E-state index in [-0.39, 0.29) is 38.3 Å². The summed E-state index contributed by atoms with van der Waals surface area (Å²) in [6, 6.07) is 10.1. The van der Waals surface area contributed by atoms with Gasteiger partial charge in [-0.05, 0) is 83.4 Å². The maximum absolute atomic E-state index is 13.1. The van der Waals surface area contributed by atoms with Crippen molar-refractivity contribution in [3.05, 3.63) is 65.1 Å². The molecule has 1 atom stereocenters. The second kappa shape index (κ2) is 26.2. The molecule has 18 heteroatoms. The predicted molar refractivity (Wildman–Crippen MR) is 223 cm³/mol. The third-order valence-electron chi connectivity index (χ3n) is 8.55. The summed E-state index contributed by atoms with van der Waals surface area (Å²) in [5.41, 5.74) is 8.30. The van der Waals surface area contributed by atoms with Crippen molar-refractivity contribution in [3.63, 3.8) is 0 Å². The number of carbonyl (C=O) groups excluding carboxylic acids is 4. The topological polar surface area (TPSA) is 217 Å². The van der Waals surface area contributed by atoms with Gasteiger partial charge < -0.3 is 49.5 Å². The van der Waals surface area contributed by atoms with Crippen molar-refractivity contribution in [1.29, 1.82) is 0 Å². The number of ether oxygens (including phenoxy) is 7. The Bertz CT molecular complexity index is 1800. The number of hydrogen-bond acceptors (Lipinski definition) is 14. The molecule has 2 aromatic heterocycles. The number of amides is 3. The third-order valence-corrected chi connectivity index (χ3v) is 8.55. The number of nitrogens with one attached hydrogen (secondary N) is 2. The van der Waals surface area contributed by atoms with Crippen LogP contribution in [0.3, 0.4) is 0 Å². The molecule has 0 aliphatic heterocycles. The third kappa shape index (κ3) is 18.0. The van der Waals surface area contributed by atoms with Crippen LogP contribution in [-0.2, 0) is 42.8 Å². The summed E-state index contributed by atoms with van der Waals surface area (Å²) >= 11 is 0. The normalized spacial score (nSPS) is 11.8. The number of aryl methyl sites for hydroxylation is 2. The second-order valence-corrected chi connectivity index (χ2v) is 14.7. The smallest absolute Gasteiger partial charge is 0.416 e. The standard InChI is InChI=1S/C42H63N7O11/c1-30-13-15-44-36(26-30)48(41(53)60-42(4,5)6)16-9-12-37(50)45-29-38(51)46-35(28-39(52)54-7)33-10-8-11-34(27-33)49-32(3)40(31(2)47-49)59-25-24-58-23-22-57-21-20-56-19-18-55-17-14-43/h8,10-11,13,15,26-27,35H,9,12,14,16-25,28-29,43H2,1-7H3,(H,45,50)(H,46,51)/t35-/m0/s1. The summed E-state index contributed by atoms with van der Waals surface area (Å²) in [4.78, 5) is 57.1. The molecule has 0 radical (unpaired) electrons. The number of carbonyl (C=O) groups is 4. The molecule has 0 fully saturated rings. The number of pyridine rings is 1. The highest BCUT2D eigenvalue weighted by Crippen LogP contribution is 2.27. The molecule has 3 amide bonds. The van der Waals surface area contributed by atoms with Crippen molar-refractivity contribution in [1.82, 2.24) is 25.4 Å². The average Bonchev–Trinajstić information content (AvgIpc) is 3.49. The van der Waals surface area contributed by atoms with Gasteiger partial charge in [0.2, 0.25) is 11.8 Å². The molecule has 3 aromatic rings. The van der Waals surface area contributed by atoms with Crippen LogP contribution in [0.15, 0.2) is 42.6 Å². The molecular formula is C42H63N7O11. The number of anilines is 1. The van der Waals surface area contributed by atoms with Crippen molar-refractivity contribution in [2.75, 3.05) is 91.1 Å². The number of esters is 1. The zero-order valence-electron chi connectivity index (χ0n) is 36.1. The zero-order chi connectivity index (χ0) is 43.9. The number of rotatable bonds is 27. The predicted octanol–water partition coefficient (Wildman–Crippen LogP) is 3.65. The van der Waals surface area contributed by atoms with Crippen molar-refractivity contribution < 1.29 is 52.3 Å². The summed E-state index contributed by atoms with van der Waals surface area (Å²) in [6.07, 6.45) is 1.19. The largest absolute Gasteiger partial charge is 0.487 e. The van der Waals surface area contributed by atoms with E-state index in [0.29, 0.717) is 94.5 Å². The van der Waals surface area contributed by atoms with Gasteiger partial charge in [0.1, 0.15) is 23.7 Å². The van der Waals surface area contributed by atoms with Gasteiger partial charge in [0.25, 0.3) is 0 Å². The van der Waals surface area contributed by atoms with Crippen LogP contribution in [0.4, 0.5) is 10.6 Å². The van der Waals surface area contributed by atoms with Gasteiger partial charge in [-0.3, -0.25) is 19.3 Å². The van der Waals surface area contributed by atoms with Crippen LogP contribution < -0.4 is 26.0 Å². The van der Waals surface area contributed by atoms with E-state index in [4.69, 9.17) is 38.9 Å². The van der Waals surface area contributed by atoms with Gasteiger partial charge in [0.05, 0.1) is 90.4 Å². The van der Waals surface area contributed by atoms with E-state index in [1.54, 1.807) is 49.8 Å². The molecule has 1 aromatic carbocycles. The van der Waals surface area contributed by atoms with Gasteiger partial charge in [-0.2, -0.15) is 5.10 Å². The summed E-state index contributed by atoms with van der Waals surface area (Å²) < 4.78 is 40.1. The molecule has 332 valence electrons. The Labute approximate surface area is 352 Å². The fraction of sp³-hybridized carbons (Fsp3) is 0.571. The van der Waals surface area contributed by atoms with Crippen LogP contribution in [0.1, 0.15) is 68.6 Å². The highest BCUT2D eigenvalue weighted by atomic mass is 16.6. The second-order valence-electron chi connectivity index (χ2n) is 14.7. The van der Waals surface area contributed by atoms with Gasteiger partial charge in [-0.25, -0.2) is 14.5 Å². The van der Waals surface area contributed by atoms with E-state index in [1.807, 2.05) is 39.0 Å². The Hall–Kier alpha value is -5.14. The van der Waals surface area contributed by atoms with Crippen molar-refractivity contribution in [2.45, 2.75) is 72.4 Å². The molecule has 3 rings (SSSR count). The van der Waals surface area contributed by atoms with Crippen LogP contribution in [0, 0.1) is 20.8 Å². The first-order valence-corrected chi connectivity index (χ1v) is 20.1. The highest BCUT2D eigenvalue weighted by Gasteiger charge is 2.25. The van der Waals surface area contributed by atoms with Gasteiger partial charge in [-0.15, -0.1) is 0 Å². The van der Waals surface area contributed by atoms with E-state index in [0.717, 1.165) is 11.3 Å². The lowest BCUT2D eigenvalue weighted by Crippen LogP contribution is -2.40. The van der Waals surface area contributed by atoms with E-state index in [2.05, 4.69) is 20.7 Å². The maximum Gasteiger partial charge on any atom is 0.416 e. The molecule has 18 nitrogen and oxygen atoms in total. The quantitative estimate of drug-likeness (QED) is 0.0738. The lowest BCUT2D eigenvalue weighted by atomic mass is 10.0. The van der Waals surface area contributed by atoms with Crippen molar-refractivity contribution in [2.24, 2.45) is 5.73 Å². The first-order chi connectivity index (χ1) is 28.7. The summed E-state index contributed by atoms with van der Waals surface area (Å²) in [7, 11) is 1.27. The Morgan fingerprint density at radius 2 is 1.52 bits per heavy atom. The number of aromatic nitrogens is 3. The fourth-order valence-electron chi connectivity index (χ4n) is 5.71. The minimum atomic E-state index is -0.770. The first kappa shape index (κ1) is 49.2. The van der Waals surface area contributed by atoms with Crippen LogP contribution in [0.2, 0.25) is 0 Å². The molecule has 0 aliphatic rings. The molecule has 0 bridgehead atoms. The minimum absolute atomic E-state index is 0.0343. The zero-order valence-corrected chi connectivity index (χ0v) is 36.1. The molecule has 0 spiro atoms. The number of hydrogen-bond donors (Lipinski definition) is 3. The summed E-state index contributed by atoms with van der Waals surface area (Å²) in [5.74, 6) is -0.397. The molecule has 4 N–H and O–H groups in total. The van der Waals surface area contributed by atoms with Gasteiger partial charge >= 0.3 is 12.1 Å². The lowest BCUT2D eigenvalue weighted by Gasteiger charge is -2.27. The van der Waals surface area contributed by atoms with E-state index >= 15 is 0 Å². The molecule has 2 heterocycles. The number of benzene rings is 1. The Kier molecular flexibility index (Phi) is 21.5. The lowest BCUT2D eigenvalue weighted by molar-refractivity contribution is -0.141. The van der Waals surface area contributed by atoms with Crippen molar-refractivity contribution in [3.8, 4) is 11.4 Å². The van der Waals surface area contributed by atoms with Crippen LogP contribution >= 0.6 is 0 Å². The molecule has 0 saturated heterocycles. The average molecular weight is 842 g/mol. The van der Waals surface area contributed by atoms with Gasteiger partial charge in [0, 0.05) is 25.7 Å². The fourth-order valence-corrected chi connectivity index (χ4v) is 5.71. The molecule has 60 heavy (non-hydrogen) atoms. The van der Waals surface area contributed by atoms with Crippen LogP contribution in [-0.4, -0.2) is 130 Å². The molecular weight excluding hydrogens is 778 g/mol.